The summed E-state index contributed by atoms with van der Waals surface area (Å²) in [6.07, 6.45) is 0.0949. The van der Waals surface area contributed by atoms with Crippen LogP contribution >= 0.6 is 0 Å². The lowest BCUT2D eigenvalue weighted by Crippen LogP contribution is -2.26. The molecule has 0 spiro atoms. The predicted molar refractivity (Wildman–Crippen MR) is 80.5 cm³/mol. The zero-order chi connectivity index (χ0) is 15.4. The van der Waals surface area contributed by atoms with E-state index in [1.165, 1.54) is 0 Å². The number of carbonyl (C=O) groups is 1. The van der Waals surface area contributed by atoms with Crippen LogP contribution < -0.4 is 4.90 Å². The number of carboxylic acid groups (broad SMARTS) is 1. The standard InChI is InChI=1S/C16H20N2O3/c1-11-6-4-5-7-15(11)18(9-8-16(19)20)10-14-12(2)17-21-13(14)3/h4-7H,8-10H2,1-3H3,(H,19,20). The third kappa shape index (κ3) is 3.62. The Bertz CT molecular complexity index is 615. The molecule has 21 heavy (non-hydrogen) atoms. The lowest BCUT2D eigenvalue weighted by molar-refractivity contribution is -0.136. The van der Waals surface area contributed by atoms with E-state index >= 15 is 0 Å². The van der Waals surface area contributed by atoms with E-state index in [0.717, 1.165) is 28.3 Å². The molecule has 0 radical (unpaired) electrons. The van der Waals surface area contributed by atoms with Crippen molar-refractivity contribution in [3.05, 3.63) is 46.8 Å². The summed E-state index contributed by atoms with van der Waals surface area (Å²) in [5.41, 5.74) is 4.03. The minimum Gasteiger partial charge on any atom is -0.481 e. The first-order valence-electron chi connectivity index (χ1n) is 6.93. The van der Waals surface area contributed by atoms with Crippen molar-refractivity contribution >= 4 is 11.7 Å². The molecule has 5 nitrogen and oxygen atoms in total. The van der Waals surface area contributed by atoms with E-state index in [2.05, 4.69) is 10.1 Å². The molecule has 1 heterocycles. The van der Waals surface area contributed by atoms with Crippen molar-refractivity contribution in [2.45, 2.75) is 33.7 Å². The van der Waals surface area contributed by atoms with Crippen molar-refractivity contribution in [2.75, 3.05) is 11.4 Å². The predicted octanol–water partition coefficient (Wildman–Crippen LogP) is 3.08. The maximum atomic E-state index is 10.9. The van der Waals surface area contributed by atoms with Gasteiger partial charge in [0.15, 0.2) is 0 Å². The Kier molecular flexibility index (Phi) is 4.62. The van der Waals surface area contributed by atoms with E-state index in [-0.39, 0.29) is 6.42 Å². The molecule has 5 heteroatoms. The smallest absolute Gasteiger partial charge is 0.305 e. The van der Waals surface area contributed by atoms with Gasteiger partial charge in [-0.3, -0.25) is 4.79 Å². The number of benzene rings is 1. The van der Waals surface area contributed by atoms with Crippen molar-refractivity contribution in [3.63, 3.8) is 0 Å². The second-order valence-corrected chi connectivity index (χ2v) is 5.15. The highest BCUT2D eigenvalue weighted by Crippen LogP contribution is 2.24. The van der Waals surface area contributed by atoms with Gasteiger partial charge in [-0.1, -0.05) is 23.4 Å². The molecule has 112 valence electrons. The van der Waals surface area contributed by atoms with Gasteiger partial charge in [-0.2, -0.15) is 0 Å². The first kappa shape index (κ1) is 15.1. The zero-order valence-corrected chi connectivity index (χ0v) is 12.6. The number of anilines is 1. The summed E-state index contributed by atoms with van der Waals surface area (Å²) >= 11 is 0. The maximum Gasteiger partial charge on any atom is 0.305 e. The van der Waals surface area contributed by atoms with Gasteiger partial charge in [0, 0.05) is 24.3 Å². The molecule has 1 N–H and O–H groups in total. The highest BCUT2D eigenvalue weighted by atomic mass is 16.5. The Balaban J connectivity index is 2.28. The summed E-state index contributed by atoms with van der Waals surface area (Å²) in [5, 5.41) is 12.9. The summed E-state index contributed by atoms with van der Waals surface area (Å²) in [4.78, 5) is 13.0. The lowest BCUT2D eigenvalue weighted by Gasteiger charge is -2.26. The van der Waals surface area contributed by atoms with Gasteiger partial charge in [-0.15, -0.1) is 0 Å². The van der Waals surface area contributed by atoms with Gasteiger partial charge in [0.25, 0.3) is 0 Å². The third-order valence-corrected chi connectivity index (χ3v) is 3.58. The van der Waals surface area contributed by atoms with Gasteiger partial charge in [-0.05, 0) is 32.4 Å². The number of aliphatic carboxylic acids is 1. The molecule has 1 aromatic carbocycles. The molecule has 0 aliphatic rings. The van der Waals surface area contributed by atoms with Crippen molar-refractivity contribution in [2.24, 2.45) is 0 Å². The Labute approximate surface area is 124 Å². The molecular weight excluding hydrogens is 268 g/mol. The fourth-order valence-corrected chi connectivity index (χ4v) is 2.35. The van der Waals surface area contributed by atoms with Crippen LogP contribution in [-0.4, -0.2) is 22.8 Å². The summed E-state index contributed by atoms with van der Waals surface area (Å²) in [5.74, 6) is -0.0197. The second-order valence-electron chi connectivity index (χ2n) is 5.15. The number of carboxylic acids is 1. The second kappa shape index (κ2) is 6.43. The van der Waals surface area contributed by atoms with Crippen LogP contribution in [0.2, 0.25) is 0 Å². The molecule has 0 bridgehead atoms. The van der Waals surface area contributed by atoms with E-state index in [0.29, 0.717) is 13.1 Å². The van der Waals surface area contributed by atoms with E-state index in [9.17, 15) is 4.79 Å². The Morgan fingerprint density at radius 2 is 2.00 bits per heavy atom. The van der Waals surface area contributed by atoms with Crippen LogP contribution in [0.1, 0.15) is 29.0 Å². The van der Waals surface area contributed by atoms with Gasteiger partial charge >= 0.3 is 5.97 Å². The monoisotopic (exact) mass is 288 g/mol. The number of nitrogens with zero attached hydrogens (tertiary/aromatic N) is 2. The van der Waals surface area contributed by atoms with Crippen molar-refractivity contribution in [1.82, 2.24) is 5.16 Å². The number of hydrogen-bond donors (Lipinski definition) is 1. The summed E-state index contributed by atoms with van der Waals surface area (Å²) in [6, 6.07) is 7.97. The van der Waals surface area contributed by atoms with Crippen LogP contribution in [0.5, 0.6) is 0 Å². The summed E-state index contributed by atoms with van der Waals surface area (Å²) in [6.45, 7) is 6.85. The summed E-state index contributed by atoms with van der Waals surface area (Å²) < 4.78 is 5.19. The molecule has 2 aromatic rings. The highest BCUT2D eigenvalue weighted by molar-refractivity contribution is 5.68. The largest absolute Gasteiger partial charge is 0.481 e. The van der Waals surface area contributed by atoms with Crippen LogP contribution in [0.3, 0.4) is 0 Å². The van der Waals surface area contributed by atoms with Crippen LogP contribution in [0.15, 0.2) is 28.8 Å². The fraction of sp³-hybridized carbons (Fsp3) is 0.375. The average molecular weight is 288 g/mol. The zero-order valence-electron chi connectivity index (χ0n) is 12.6. The minimum atomic E-state index is -0.799. The molecule has 0 amide bonds. The van der Waals surface area contributed by atoms with Crippen molar-refractivity contribution < 1.29 is 14.4 Å². The molecule has 0 aliphatic carbocycles. The highest BCUT2D eigenvalue weighted by Gasteiger charge is 2.16. The normalized spacial score (nSPS) is 10.6. The van der Waals surface area contributed by atoms with Crippen LogP contribution in [0.25, 0.3) is 0 Å². The van der Waals surface area contributed by atoms with Gasteiger partial charge < -0.3 is 14.5 Å². The molecule has 2 rings (SSSR count). The van der Waals surface area contributed by atoms with Crippen LogP contribution in [0.4, 0.5) is 5.69 Å². The van der Waals surface area contributed by atoms with Gasteiger partial charge in [0.05, 0.1) is 12.1 Å². The van der Waals surface area contributed by atoms with Crippen LogP contribution in [0, 0.1) is 20.8 Å². The van der Waals surface area contributed by atoms with Crippen molar-refractivity contribution in [1.29, 1.82) is 0 Å². The number of rotatable bonds is 6. The Hall–Kier alpha value is -2.30. The fourth-order valence-electron chi connectivity index (χ4n) is 2.35. The number of aromatic nitrogens is 1. The van der Waals surface area contributed by atoms with E-state index in [1.807, 2.05) is 45.0 Å². The van der Waals surface area contributed by atoms with Crippen LogP contribution in [-0.2, 0) is 11.3 Å². The molecular formula is C16H20N2O3. The molecule has 0 unspecified atom stereocenters. The first-order chi connectivity index (χ1) is 9.99. The Morgan fingerprint density at radius 1 is 1.29 bits per heavy atom. The van der Waals surface area contributed by atoms with E-state index < -0.39 is 5.97 Å². The Morgan fingerprint density at radius 3 is 2.57 bits per heavy atom. The molecule has 0 aliphatic heterocycles. The van der Waals surface area contributed by atoms with Gasteiger partial charge in [0.2, 0.25) is 0 Å². The van der Waals surface area contributed by atoms with E-state index in [1.54, 1.807) is 0 Å². The first-order valence-corrected chi connectivity index (χ1v) is 6.93. The third-order valence-electron chi connectivity index (χ3n) is 3.58. The maximum absolute atomic E-state index is 10.9. The molecule has 0 atom stereocenters. The lowest BCUT2D eigenvalue weighted by atomic mass is 10.1. The average Bonchev–Trinajstić information content (AvgIpc) is 2.75. The number of para-hydroxylation sites is 1. The topological polar surface area (TPSA) is 66.6 Å². The number of aryl methyl sites for hydroxylation is 3. The van der Waals surface area contributed by atoms with Crippen molar-refractivity contribution in [3.8, 4) is 0 Å². The molecule has 1 aromatic heterocycles. The SMILES string of the molecule is Cc1ccccc1N(CCC(=O)O)Cc1c(C)noc1C. The van der Waals surface area contributed by atoms with Gasteiger partial charge in [-0.25, -0.2) is 0 Å². The quantitative estimate of drug-likeness (QED) is 0.884. The molecule has 0 saturated heterocycles. The van der Waals surface area contributed by atoms with Gasteiger partial charge in [0.1, 0.15) is 5.76 Å². The number of hydrogen-bond acceptors (Lipinski definition) is 4. The molecule has 0 fully saturated rings. The minimum absolute atomic E-state index is 0.0949. The molecule has 0 saturated carbocycles. The summed E-state index contributed by atoms with van der Waals surface area (Å²) in [7, 11) is 0. The van der Waals surface area contributed by atoms with E-state index in [4.69, 9.17) is 9.63 Å².